The highest BCUT2D eigenvalue weighted by molar-refractivity contribution is 7.90. The SMILES string of the molecule is COC(=O)[C@@H](Cc1ccccc1)NC(=O)c1cccc(S(C)(=O)=O)c1. The summed E-state index contributed by atoms with van der Waals surface area (Å²) in [6.07, 6.45) is 1.34. The van der Waals surface area contributed by atoms with E-state index in [1.165, 1.54) is 31.4 Å². The number of hydrogen-bond donors (Lipinski definition) is 1. The van der Waals surface area contributed by atoms with Crippen molar-refractivity contribution in [2.75, 3.05) is 13.4 Å². The summed E-state index contributed by atoms with van der Waals surface area (Å²) in [6, 6.07) is 14.0. The highest BCUT2D eigenvalue weighted by Crippen LogP contribution is 2.12. The van der Waals surface area contributed by atoms with Gasteiger partial charge in [0, 0.05) is 18.2 Å². The van der Waals surface area contributed by atoms with Crippen LogP contribution in [0.4, 0.5) is 0 Å². The van der Waals surface area contributed by atoms with Crippen molar-refractivity contribution in [3.8, 4) is 0 Å². The van der Waals surface area contributed by atoms with Crippen molar-refractivity contribution < 1.29 is 22.7 Å². The largest absolute Gasteiger partial charge is 0.467 e. The predicted molar refractivity (Wildman–Crippen MR) is 93.0 cm³/mol. The molecule has 1 atom stereocenters. The van der Waals surface area contributed by atoms with Gasteiger partial charge in [0.25, 0.3) is 5.91 Å². The summed E-state index contributed by atoms with van der Waals surface area (Å²) in [4.78, 5) is 24.4. The minimum Gasteiger partial charge on any atom is -0.467 e. The van der Waals surface area contributed by atoms with Crippen LogP contribution in [0.1, 0.15) is 15.9 Å². The quantitative estimate of drug-likeness (QED) is 0.790. The van der Waals surface area contributed by atoms with Gasteiger partial charge in [-0.05, 0) is 23.8 Å². The van der Waals surface area contributed by atoms with Crippen LogP contribution in [0, 0.1) is 0 Å². The molecule has 1 amide bonds. The van der Waals surface area contributed by atoms with Gasteiger partial charge in [0.15, 0.2) is 9.84 Å². The fraction of sp³-hybridized carbons (Fsp3) is 0.222. The third kappa shape index (κ3) is 5.15. The van der Waals surface area contributed by atoms with E-state index in [1.54, 1.807) is 0 Å². The Balaban J connectivity index is 2.21. The molecule has 0 unspecified atom stereocenters. The van der Waals surface area contributed by atoms with E-state index in [-0.39, 0.29) is 16.9 Å². The summed E-state index contributed by atoms with van der Waals surface area (Å²) in [5.74, 6) is -1.12. The number of hydrogen-bond acceptors (Lipinski definition) is 5. The van der Waals surface area contributed by atoms with Gasteiger partial charge >= 0.3 is 5.97 Å². The smallest absolute Gasteiger partial charge is 0.328 e. The Morgan fingerprint density at radius 1 is 1.08 bits per heavy atom. The van der Waals surface area contributed by atoms with Crippen molar-refractivity contribution >= 4 is 21.7 Å². The lowest BCUT2D eigenvalue weighted by Gasteiger charge is -2.17. The second kappa shape index (κ2) is 7.94. The van der Waals surface area contributed by atoms with Crippen molar-refractivity contribution in [2.45, 2.75) is 17.4 Å². The van der Waals surface area contributed by atoms with Crippen LogP contribution in [0.25, 0.3) is 0 Å². The van der Waals surface area contributed by atoms with Crippen molar-refractivity contribution in [1.29, 1.82) is 0 Å². The van der Waals surface area contributed by atoms with Crippen LogP contribution in [0.5, 0.6) is 0 Å². The van der Waals surface area contributed by atoms with Crippen molar-refractivity contribution in [3.05, 3.63) is 65.7 Å². The van der Waals surface area contributed by atoms with E-state index < -0.39 is 27.8 Å². The van der Waals surface area contributed by atoms with Crippen LogP contribution in [-0.2, 0) is 25.8 Å². The summed E-state index contributed by atoms with van der Waals surface area (Å²) in [5, 5.41) is 2.60. The molecule has 0 aliphatic heterocycles. The van der Waals surface area contributed by atoms with E-state index in [0.29, 0.717) is 0 Å². The van der Waals surface area contributed by atoms with Crippen molar-refractivity contribution in [1.82, 2.24) is 5.32 Å². The Morgan fingerprint density at radius 3 is 2.36 bits per heavy atom. The summed E-state index contributed by atoms with van der Waals surface area (Å²) in [7, 11) is -2.18. The number of rotatable bonds is 6. The predicted octanol–water partition coefficient (Wildman–Crippen LogP) is 1.60. The third-order valence-corrected chi connectivity index (χ3v) is 4.71. The molecule has 132 valence electrons. The summed E-state index contributed by atoms with van der Waals surface area (Å²) in [6.45, 7) is 0. The lowest BCUT2D eigenvalue weighted by Crippen LogP contribution is -2.43. The van der Waals surface area contributed by atoms with Crippen molar-refractivity contribution in [2.24, 2.45) is 0 Å². The number of amides is 1. The average Bonchev–Trinajstić information content (AvgIpc) is 2.60. The van der Waals surface area contributed by atoms with Gasteiger partial charge < -0.3 is 10.1 Å². The van der Waals surface area contributed by atoms with Gasteiger partial charge in [-0.2, -0.15) is 0 Å². The fourth-order valence-electron chi connectivity index (χ4n) is 2.29. The second-order valence-electron chi connectivity index (χ2n) is 5.54. The summed E-state index contributed by atoms with van der Waals surface area (Å²) in [5.41, 5.74) is 1.02. The van der Waals surface area contributed by atoms with Crippen molar-refractivity contribution in [3.63, 3.8) is 0 Å². The Hall–Kier alpha value is -2.67. The average molecular weight is 361 g/mol. The minimum atomic E-state index is -3.43. The number of benzene rings is 2. The second-order valence-corrected chi connectivity index (χ2v) is 7.55. The molecule has 2 aromatic carbocycles. The molecule has 0 aromatic heterocycles. The van der Waals surface area contributed by atoms with Crippen LogP contribution in [-0.4, -0.2) is 39.7 Å². The molecule has 0 fully saturated rings. The van der Waals surface area contributed by atoms with Gasteiger partial charge in [-0.25, -0.2) is 13.2 Å². The molecule has 1 N–H and O–H groups in total. The molecule has 0 saturated carbocycles. The molecular formula is C18H19NO5S. The Morgan fingerprint density at radius 2 is 1.76 bits per heavy atom. The molecule has 0 bridgehead atoms. The first-order valence-corrected chi connectivity index (χ1v) is 9.43. The Kier molecular flexibility index (Phi) is 5.93. The number of sulfone groups is 1. The first-order chi connectivity index (χ1) is 11.8. The normalized spacial score (nSPS) is 12.2. The molecule has 0 saturated heterocycles. The Bertz CT molecular complexity index is 862. The van der Waals surface area contributed by atoms with E-state index >= 15 is 0 Å². The highest BCUT2D eigenvalue weighted by atomic mass is 32.2. The van der Waals surface area contributed by atoms with Gasteiger partial charge in [-0.15, -0.1) is 0 Å². The third-order valence-electron chi connectivity index (χ3n) is 3.60. The Labute approximate surface area is 146 Å². The highest BCUT2D eigenvalue weighted by Gasteiger charge is 2.23. The van der Waals surface area contributed by atoms with Gasteiger partial charge in [0.05, 0.1) is 12.0 Å². The van der Waals surface area contributed by atoms with Crippen LogP contribution >= 0.6 is 0 Å². The zero-order valence-electron chi connectivity index (χ0n) is 13.9. The van der Waals surface area contributed by atoms with E-state index in [4.69, 9.17) is 4.74 Å². The van der Waals surface area contributed by atoms with Gasteiger partial charge in [0.2, 0.25) is 0 Å². The summed E-state index contributed by atoms with van der Waals surface area (Å²) < 4.78 is 28.0. The number of methoxy groups -OCH3 is 1. The first kappa shape index (κ1) is 18.7. The number of esters is 1. The molecular weight excluding hydrogens is 342 g/mol. The fourth-order valence-corrected chi connectivity index (χ4v) is 2.96. The standard InChI is InChI=1S/C18H19NO5S/c1-24-18(21)16(11-13-7-4-3-5-8-13)19-17(20)14-9-6-10-15(12-14)25(2,22)23/h3-10,12,16H,11H2,1-2H3,(H,19,20)/t16-/m1/s1. The van der Waals surface area contributed by atoms with Crippen LogP contribution < -0.4 is 5.32 Å². The number of ether oxygens (including phenoxy) is 1. The van der Waals surface area contributed by atoms with Crippen LogP contribution in [0.15, 0.2) is 59.5 Å². The topological polar surface area (TPSA) is 89.5 Å². The number of carbonyl (C=O) groups is 2. The van der Waals surface area contributed by atoms with Crippen LogP contribution in [0.3, 0.4) is 0 Å². The molecule has 6 nitrogen and oxygen atoms in total. The molecule has 25 heavy (non-hydrogen) atoms. The maximum absolute atomic E-state index is 12.4. The molecule has 0 aliphatic rings. The first-order valence-electron chi connectivity index (χ1n) is 7.54. The molecule has 2 rings (SSSR count). The van der Waals surface area contributed by atoms with Gasteiger partial charge in [0.1, 0.15) is 6.04 Å². The lowest BCUT2D eigenvalue weighted by molar-refractivity contribution is -0.142. The molecule has 0 radical (unpaired) electrons. The summed E-state index contributed by atoms with van der Waals surface area (Å²) >= 11 is 0. The maximum Gasteiger partial charge on any atom is 0.328 e. The van der Waals surface area contributed by atoms with E-state index in [9.17, 15) is 18.0 Å². The molecule has 0 heterocycles. The van der Waals surface area contributed by atoms with E-state index in [1.807, 2.05) is 30.3 Å². The van der Waals surface area contributed by atoms with E-state index in [2.05, 4.69) is 5.32 Å². The van der Waals surface area contributed by atoms with E-state index in [0.717, 1.165) is 11.8 Å². The molecule has 2 aromatic rings. The molecule has 7 heteroatoms. The maximum atomic E-state index is 12.4. The zero-order chi connectivity index (χ0) is 18.4. The monoisotopic (exact) mass is 361 g/mol. The molecule has 0 aliphatic carbocycles. The lowest BCUT2D eigenvalue weighted by atomic mass is 10.1. The number of carbonyl (C=O) groups excluding carboxylic acids is 2. The van der Waals surface area contributed by atoms with Gasteiger partial charge in [-0.1, -0.05) is 36.4 Å². The molecule has 0 spiro atoms. The van der Waals surface area contributed by atoms with Gasteiger partial charge in [-0.3, -0.25) is 4.79 Å². The minimum absolute atomic E-state index is 0.0397. The zero-order valence-corrected chi connectivity index (χ0v) is 14.7. The van der Waals surface area contributed by atoms with Crippen LogP contribution in [0.2, 0.25) is 0 Å². The number of nitrogens with one attached hydrogen (secondary N) is 1.